The molecule has 1 fully saturated rings. The third-order valence-corrected chi connectivity index (χ3v) is 5.28. The summed E-state index contributed by atoms with van der Waals surface area (Å²) in [6, 6.07) is 0. The van der Waals surface area contributed by atoms with E-state index < -0.39 is 11.1 Å². The van der Waals surface area contributed by atoms with Gasteiger partial charge in [0.05, 0.1) is 4.58 Å². The van der Waals surface area contributed by atoms with Gasteiger partial charge in [-0.1, -0.05) is 0 Å². The van der Waals surface area contributed by atoms with E-state index >= 15 is 0 Å². The van der Waals surface area contributed by atoms with Crippen molar-refractivity contribution in [3.8, 4) is 0 Å². The van der Waals surface area contributed by atoms with Crippen LogP contribution in [0.4, 0.5) is 0 Å². The van der Waals surface area contributed by atoms with Gasteiger partial charge in [0.15, 0.2) is 0 Å². The predicted molar refractivity (Wildman–Crippen MR) is 62.4 cm³/mol. The molecule has 0 amide bonds. The average molecular weight is 245 g/mol. The van der Waals surface area contributed by atoms with Gasteiger partial charge in [0, 0.05) is 18.1 Å². The molecule has 0 atom stereocenters. The molecule has 15 heavy (non-hydrogen) atoms. The third-order valence-electron chi connectivity index (χ3n) is 2.11. The molecule has 0 unspecified atom stereocenters. The molecule has 1 aliphatic rings. The maximum absolute atomic E-state index is 11.3. The van der Waals surface area contributed by atoms with Crippen LogP contribution in [0.2, 0.25) is 0 Å². The van der Waals surface area contributed by atoms with E-state index in [1.807, 2.05) is 23.5 Å². The number of hydrogen-bond acceptors (Lipinski definition) is 5. The first kappa shape index (κ1) is 10.8. The average Bonchev–Trinajstić information content (AvgIpc) is 2.73. The highest BCUT2D eigenvalue weighted by Gasteiger charge is 2.16. The second-order valence-electron chi connectivity index (χ2n) is 3.14. The largest absolute Gasteiger partial charge is 0.330 e. The highest BCUT2D eigenvalue weighted by molar-refractivity contribution is 8.20. The molecule has 0 aromatic carbocycles. The molecule has 5 nitrogen and oxygen atoms in total. The molecule has 2 heterocycles. The molecule has 1 saturated heterocycles. The maximum Gasteiger partial charge on any atom is 0.330 e. The van der Waals surface area contributed by atoms with Gasteiger partial charge in [-0.15, -0.1) is 23.5 Å². The van der Waals surface area contributed by atoms with Crippen molar-refractivity contribution >= 4 is 23.5 Å². The van der Waals surface area contributed by atoms with E-state index in [1.165, 1.54) is 22.4 Å². The summed E-state index contributed by atoms with van der Waals surface area (Å²) in [4.78, 5) is 22.3. The Morgan fingerprint density at radius 3 is 2.93 bits per heavy atom. The molecule has 1 aromatic heterocycles. The summed E-state index contributed by atoms with van der Waals surface area (Å²) in [6.45, 7) is 0.570. The van der Waals surface area contributed by atoms with Crippen molar-refractivity contribution in [3.63, 3.8) is 0 Å². The minimum absolute atomic E-state index is 0.516. The summed E-state index contributed by atoms with van der Waals surface area (Å²) < 4.78 is 1.93. The number of nitrogens with one attached hydrogen (secondary N) is 1. The first-order chi connectivity index (χ1) is 7.27. The van der Waals surface area contributed by atoms with E-state index in [1.54, 1.807) is 0 Å². The van der Waals surface area contributed by atoms with Crippen LogP contribution >= 0.6 is 23.5 Å². The molecule has 0 aliphatic carbocycles. The second kappa shape index (κ2) is 4.89. The Morgan fingerprint density at radius 1 is 1.47 bits per heavy atom. The number of rotatable bonds is 3. The van der Waals surface area contributed by atoms with Crippen molar-refractivity contribution in [3.05, 3.63) is 27.0 Å². The summed E-state index contributed by atoms with van der Waals surface area (Å²) in [7, 11) is 0. The van der Waals surface area contributed by atoms with Crippen molar-refractivity contribution in [2.45, 2.75) is 17.5 Å². The van der Waals surface area contributed by atoms with Gasteiger partial charge in [0.1, 0.15) is 6.33 Å². The molecule has 7 heteroatoms. The van der Waals surface area contributed by atoms with Crippen LogP contribution in [0.1, 0.15) is 6.42 Å². The van der Waals surface area contributed by atoms with Crippen molar-refractivity contribution < 1.29 is 0 Å². The normalized spacial score (nSPS) is 17.1. The van der Waals surface area contributed by atoms with Crippen LogP contribution in [0.15, 0.2) is 15.9 Å². The highest BCUT2D eigenvalue weighted by atomic mass is 32.2. The summed E-state index contributed by atoms with van der Waals surface area (Å²) >= 11 is 3.83. The van der Waals surface area contributed by atoms with Gasteiger partial charge in [-0.2, -0.15) is 5.10 Å². The van der Waals surface area contributed by atoms with E-state index in [2.05, 4.69) is 10.2 Å². The van der Waals surface area contributed by atoms with E-state index in [-0.39, 0.29) is 0 Å². The molecule has 0 saturated carbocycles. The van der Waals surface area contributed by atoms with Crippen LogP contribution < -0.4 is 11.1 Å². The third kappa shape index (κ3) is 2.66. The summed E-state index contributed by atoms with van der Waals surface area (Å²) in [6.07, 6.45) is 2.29. The molecule has 1 aromatic rings. The molecule has 2 rings (SSSR count). The molecule has 0 spiro atoms. The monoisotopic (exact) mass is 245 g/mol. The fraction of sp³-hybridized carbons (Fsp3) is 0.625. The van der Waals surface area contributed by atoms with Gasteiger partial charge in [0.25, 0.3) is 0 Å². The lowest BCUT2D eigenvalue weighted by molar-refractivity contribution is 0.613. The number of aryl methyl sites for hydroxylation is 1. The molecule has 1 N–H and O–H groups in total. The Labute approximate surface area is 94.7 Å². The maximum atomic E-state index is 11.3. The number of aromatic nitrogens is 3. The smallest absolute Gasteiger partial charge is 0.293 e. The lowest BCUT2D eigenvalue weighted by Gasteiger charge is -2.08. The van der Waals surface area contributed by atoms with Gasteiger partial charge in [0.2, 0.25) is 0 Å². The minimum atomic E-state index is -0.649. The van der Waals surface area contributed by atoms with E-state index in [0.717, 1.165) is 6.42 Å². The summed E-state index contributed by atoms with van der Waals surface area (Å²) in [5, 5.41) is 5.72. The van der Waals surface area contributed by atoms with E-state index in [0.29, 0.717) is 11.1 Å². The Hall–Kier alpha value is -0.690. The minimum Gasteiger partial charge on any atom is -0.293 e. The number of thioether (sulfide) groups is 2. The zero-order chi connectivity index (χ0) is 10.7. The standard InChI is InChI=1S/C8H11N3O2S2/c12-7-8(13)11(5-9-10-7)2-1-6-14-3-4-15-6/h5-6H,1-4H2,(H,10,12). The highest BCUT2D eigenvalue weighted by Crippen LogP contribution is 2.34. The summed E-state index contributed by atoms with van der Waals surface area (Å²) in [5.74, 6) is 2.36. The predicted octanol–water partition coefficient (Wildman–Crippen LogP) is 0.128. The lowest BCUT2D eigenvalue weighted by atomic mass is 10.4. The fourth-order valence-corrected chi connectivity index (χ4v) is 4.17. The zero-order valence-electron chi connectivity index (χ0n) is 8.01. The van der Waals surface area contributed by atoms with Gasteiger partial charge < -0.3 is 0 Å². The second-order valence-corrected chi connectivity index (χ2v) is 6.06. The van der Waals surface area contributed by atoms with Crippen LogP contribution in [-0.2, 0) is 6.54 Å². The first-order valence-corrected chi connectivity index (χ1v) is 6.74. The quantitative estimate of drug-likeness (QED) is 0.767. The Kier molecular flexibility index (Phi) is 3.53. The fourth-order valence-electron chi connectivity index (χ4n) is 1.37. The van der Waals surface area contributed by atoms with E-state index in [4.69, 9.17) is 0 Å². The van der Waals surface area contributed by atoms with Crippen molar-refractivity contribution in [1.82, 2.24) is 14.8 Å². The number of H-pyrrole nitrogens is 1. The van der Waals surface area contributed by atoms with Gasteiger partial charge >= 0.3 is 11.1 Å². The zero-order valence-corrected chi connectivity index (χ0v) is 9.64. The Balaban J connectivity index is 2.01. The van der Waals surface area contributed by atoms with Crippen molar-refractivity contribution in [2.24, 2.45) is 0 Å². The number of aromatic amines is 1. The van der Waals surface area contributed by atoms with E-state index in [9.17, 15) is 9.59 Å². The van der Waals surface area contributed by atoms with Gasteiger partial charge in [-0.25, -0.2) is 5.10 Å². The molecule has 0 radical (unpaired) electrons. The van der Waals surface area contributed by atoms with Crippen molar-refractivity contribution in [2.75, 3.05) is 11.5 Å². The van der Waals surface area contributed by atoms with Gasteiger partial charge in [-0.3, -0.25) is 14.2 Å². The van der Waals surface area contributed by atoms with Crippen LogP contribution in [0.3, 0.4) is 0 Å². The number of nitrogens with zero attached hydrogens (tertiary/aromatic N) is 2. The first-order valence-electron chi connectivity index (χ1n) is 4.65. The summed E-state index contributed by atoms with van der Waals surface area (Å²) in [5.41, 5.74) is -1.16. The lowest BCUT2D eigenvalue weighted by Crippen LogP contribution is -2.36. The van der Waals surface area contributed by atoms with Gasteiger partial charge in [-0.05, 0) is 6.42 Å². The topological polar surface area (TPSA) is 67.8 Å². The molecular formula is C8H11N3O2S2. The van der Waals surface area contributed by atoms with Crippen LogP contribution in [-0.4, -0.2) is 30.9 Å². The van der Waals surface area contributed by atoms with Crippen molar-refractivity contribution in [1.29, 1.82) is 0 Å². The van der Waals surface area contributed by atoms with Crippen LogP contribution in [0.5, 0.6) is 0 Å². The molecule has 1 aliphatic heterocycles. The Bertz CT molecular complexity index is 436. The molecule has 0 bridgehead atoms. The van der Waals surface area contributed by atoms with Crippen LogP contribution in [0, 0.1) is 0 Å². The molecule has 82 valence electrons. The van der Waals surface area contributed by atoms with Crippen LogP contribution in [0.25, 0.3) is 0 Å². The Morgan fingerprint density at radius 2 is 2.20 bits per heavy atom. The number of hydrogen-bond donors (Lipinski definition) is 1. The molecular weight excluding hydrogens is 234 g/mol. The SMILES string of the molecule is O=c1[nH]ncn(CCC2SCCS2)c1=O.